The quantitative estimate of drug-likeness (QED) is 0.797. The average Bonchev–Trinajstić information content (AvgIpc) is 3.25. The SMILES string of the molecule is C[C@H]1CN(C(=O)c2cnc[nH]2)Cc2nnc(Cc3ccccc3)n21. The van der Waals surface area contributed by atoms with E-state index in [1.807, 2.05) is 18.2 Å². The van der Waals surface area contributed by atoms with Crippen LogP contribution in [-0.2, 0) is 13.0 Å². The van der Waals surface area contributed by atoms with Gasteiger partial charge in [0.25, 0.3) is 5.91 Å². The fraction of sp³-hybridized carbons (Fsp3) is 0.294. The van der Waals surface area contributed by atoms with Crippen LogP contribution in [0, 0.1) is 0 Å². The van der Waals surface area contributed by atoms with Crippen molar-refractivity contribution in [1.82, 2.24) is 29.6 Å². The fourth-order valence-corrected chi connectivity index (χ4v) is 3.21. The van der Waals surface area contributed by atoms with Crippen LogP contribution in [0.5, 0.6) is 0 Å². The molecule has 2 aromatic heterocycles. The summed E-state index contributed by atoms with van der Waals surface area (Å²) in [7, 11) is 0. The van der Waals surface area contributed by atoms with E-state index in [4.69, 9.17) is 0 Å². The van der Waals surface area contributed by atoms with E-state index in [-0.39, 0.29) is 11.9 Å². The number of nitrogens with one attached hydrogen (secondary N) is 1. The second kappa shape index (κ2) is 5.92. The molecule has 1 aliphatic rings. The van der Waals surface area contributed by atoms with Crippen LogP contribution >= 0.6 is 0 Å². The van der Waals surface area contributed by atoms with Crippen molar-refractivity contribution in [2.24, 2.45) is 0 Å². The van der Waals surface area contributed by atoms with Crippen molar-refractivity contribution >= 4 is 5.91 Å². The lowest BCUT2D eigenvalue weighted by molar-refractivity contribution is 0.0674. The minimum atomic E-state index is -0.0572. The summed E-state index contributed by atoms with van der Waals surface area (Å²) < 4.78 is 2.16. The van der Waals surface area contributed by atoms with Crippen LogP contribution in [0.2, 0.25) is 0 Å². The number of aromatic nitrogens is 5. The van der Waals surface area contributed by atoms with Gasteiger partial charge in [-0.3, -0.25) is 4.79 Å². The van der Waals surface area contributed by atoms with Gasteiger partial charge in [0.05, 0.1) is 25.1 Å². The highest BCUT2D eigenvalue weighted by molar-refractivity contribution is 5.92. The predicted octanol–water partition coefficient (Wildman–Crippen LogP) is 1.81. The van der Waals surface area contributed by atoms with Gasteiger partial charge in [-0.1, -0.05) is 30.3 Å². The second-order valence-electron chi connectivity index (χ2n) is 6.06. The molecule has 1 atom stereocenters. The molecule has 3 heterocycles. The summed E-state index contributed by atoms with van der Waals surface area (Å²) in [6.45, 7) is 3.18. The Morgan fingerprint density at radius 1 is 1.29 bits per heavy atom. The lowest BCUT2D eigenvalue weighted by atomic mass is 10.1. The van der Waals surface area contributed by atoms with Crippen LogP contribution in [0.4, 0.5) is 0 Å². The summed E-state index contributed by atoms with van der Waals surface area (Å²) in [5, 5.41) is 8.67. The Bertz CT molecular complexity index is 839. The molecule has 24 heavy (non-hydrogen) atoms. The number of aromatic amines is 1. The monoisotopic (exact) mass is 322 g/mol. The Kier molecular flexibility index (Phi) is 3.60. The molecule has 0 radical (unpaired) electrons. The van der Waals surface area contributed by atoms with Gasteiger partial charge in [-0.05, 0) is 12.5 Å². The second-order valence-corrected chi connectivity index (χ2v) is 6.06. The summed E-state index contributed by atoms with van der Waals surface area (Å²) in [6.07, 6.45) is 3.81. The van der Waals surface area contributed by atoms with Crippen molar-refractivity contribution in [3.63, 3.8) is 0 Å². The summed E-state index contributed by atoms with van der Waals surface area (Å²) in [5.74, 6) is 1.71. The molecular formula is C17H18N6O. The van der Waals surface area contributed by atoms with Crippen molar-refractivity contribution in [3.05, 3.63) is 65.8 Å². The molecule has 1 aromatic carbocycles. The van der Waals surface area contributed by atoms with Crippen LogP contribution in [0.1, 0.15) is 40.7 Å². The Hall–Kier alpha value is -2.96. The molecule has 0 unspecified atom stereocenters. The standard InChI is InChI=1S/C17H18N6O/c1-12-9-22(17(24)14-8-18-11-19-14)10-16-21-20-15(23(12)16)7-13-5-3-2-4-6-13/h2-6,8,11-12H,7,9-10H2,1H3,(H,18,19)/t12-/m0/s1. The molecule has 0 bridgehead atoms. The van der Waals surface area contributed by atoms with E-state index >= 15 is 0 Å². The molecule has 3 aromatic rings. The first-order valence-corrected chi connectivity index (χ1v) is 7.96. The highest BCUT2D eigenvalue weighted by Crippen LogP contribution is 2.23. The molecule has 1 amide bonds. The average molecular weight is 322 g/mol. The van der Waals surface area contributed by atoms with Gasteiger partial charge in [-0.2, -0.15) is 0 Å². The maximum Gasteiger partial charge on any atom is 0.272 e. The summed E-state index contributed by atoms with van der Waals surface area (Å²) in [6, 6.07) is 10.4. The fourth-order valence-electron chi connectivity index (χ4n) is 3.21. The number of hydrogen-bond donors (Lipinski definition) is 1. The predicted molar refractivity (Wildman–Crippen MR) is 87.3 cm³/mol. The zero-order valence-corrected chi connectivity index (χ0v) is 13.4. The summed E-state index contributed by atoms with van der Waals surface area (Å²) in [5.41, 5.74) is 1.70. The highest BCUT2D eigenvalue weighted by Gasteiger charge is 2.30. The topological polar surface area (TPSA) is 79.7 Å². The zero-order valence-electron chi connectivity index (χ0n) is 13.4. The Labute approximate surface area is 139 Å². The van der Waals surface area contributed by atoms with Crippen molar-refractivity contribution < 1.29 is 4.79 Å². The van der Waals surface area contributed by atoms with Gasteiger partial charge >= 0.3 is 0 Å². The number of imidazole rings is 1. The van der Waals surface area contributed by atoms with E-state index in [1.54, 1.807) is 11.1 Å². The Balaban J connectivity index is 1.58. The van der Waals surface area contributed by atoms with Crippen LogP contribution in [0.25, 0.3) is 0 Å². The number of fused-ring (bicyclic) bond motifs is 1. The molecule has 4 rings (SSSR count). The molecule has 0 fully saturated rings. The maximum atomic E-state index is 12.5. The first-order valence-electron chi connectivity index (χ1n) is 7.96. The van der Waals surface area contributed by atoms with Gasteiger partial charge in [0.15, 0.2) is 5.82 Å². The molecule has 1 aliphatic heterocycles. The van der Waals surface area contributed by atoms with Crippen molar-refractivity contribution in [2.75, 3.05) is 6.54 Å². The number of rotatable bonds is 3. The molecule has 7 heteroatoms. The number of carbonyl (C=O) groups excluding carboxylic acids is 1. The van der Waals surface area contributed by atoms with Crippen LogP contribution < -0.4 is 0 Å². The Morgan fingerprint density at radius 2 is 2.12 bits per heavy atom. The van der Waals surface area contributed by atoms with Crippen molar-refractivity contribution in [2.45, 2.75) is 25.9 Å². The minimum absolute atomic E-state index is 0.0572. The minimum Gasteiger partial charge on any atom is -0.341 e. The number of carbonyl (C=O) groups is 1. The smallest absolute Gasteiger partial charge is 0.272 e. The first-order chi connectivity index (χ1) is 11.7. The van der Waals surface area contributed by atoms with Gasteiger partial charge in [0.1, 0.15) is 11.5 Å². The maximum absolute atomic E-state index is 12.5. The molecule has 7 nitrogen and oxygen atoms in total. The van der Waals surface area contributed by atoms with Crippen LogP contribution in [0.3, 0.4) is 0 Å². The van der Waals surface area contributed by atoms with E-state index in [0.29, 0.717) is 18.8 Å². The third-order valence-electron chi connectivity index (χ3n) is 4.32. The van der Waals surface area contributed by atoms with E-state index in [9.17, 15) is 4.79 Å². The number of H-pyrrole nitrogens is 1. The summed E-state index contributed by atoms with van der Waals surface area (Å²) >= 11 is 0. The van der Waals surface area contributed by atoms with E-state index in [2.05, 4.69) is 43.8 Å². The lowest BCUT2D eigenvalue weighted by Crippen LogP contribution is -2.41. The number of benzene rings is 1. The molecule has 122 valence electrons. The van der Waals surface area contributed by atoms with E-state index in [1.165, 1.54) is 11.9 Å². The summed E-state index contributed by atoms with van der Waals surface area (Å²) in [4.78, 5) is 21.1. The number of amides is 1. The van der Waals surface area contributed by atoms with Gasteiger partial charge in [-0.25, -0.2) is 4.98 Å². The van der Waals surface area contributed by atoms with Gasteiger partial charge < -0.3 is 14.5 Å². The largest absolute Gasteiger partial charge is 0.341 e. The van der Waals surface area contributed by atoms with Gasteiger partial charge in [0, 0.05) is 13.0 Å². The Morgan fingerprint density at radius 3 is 2.88 bits per heavy atom. The lowest BCUT2D eigenvalue weighted by Gasteiger charge is -2.32. The molecule has 0 saturated heterocycles. The molecule has 1 N–H and O–H groups in total. The van der Waals surface area contributed by atoms with E-state index < -0.39 is 0 Å². The third-order valence-corrected chi connectivity index (χ3v) is 4.32. The van der Waals surface area contributed by atoms with Crippen LogP contribution in [0.15, 0.2) is 42.9 Å². The van der Waals surface area contributed by atoms with Gasteiger partial charge in [0.2, 0.25) is 0 Å². The first kappa shape index (κ1) is 14.6. The van der Waals surface area contributed by atoms with E-state index in [0.717, 1.165) is 18.1 Å². The molecular weight excluding hydrogens is 304 g/mol. The third kappa shape index (κ3) is 2.58. The molecule has 0 saturated carbocycles. The van der Waals surface area contributed by atoms with Crippen LogP contribution in [-0.4, -0.2) is 42.1 Å². The molecule has 0 aliphatic carbocycles. The van der Waals surface area contributed by atoms with Gasteiger partial charge in [-0.15, -0.1) is 10.2 Å². The van der Waals surface area contributed by atoms with Crippen molar-refractivity contribution in [3.8, 4) is 0 Å². The number of nitrogens with zero attached hydrogens (tertiary/aromatic N) is 5. The zero-order chi connectivity index (χ0) is 16.5. The highest BCUT2D eigenvalue weighted by atomic mass is 16.2. The molecule has 0 spiro atoms. The number of hydrogen-bond acceptors (Lipinski definition) is 4. The van der Waals surface area contributed by atoms with Crippen molar-refractivity contribution in [1.29, 1.82) is 0 Å². The normalized spacial score (nSPS) is 16.9.